The van der Waals surface area contributed by atoms with Crippen molar-refractivity contribution >= 4 is 50.2 Å². The van der Waals surface area contributed by atoms with Crippen molar-refractivity contribution in [2.45, 2.75) is 6.42 Å². The van der Waals surface area contributed by atoms with Gasteiger partial charge in [0.1, 0.15) is 5.82 Å². The van der Waals surface area contributed by atoms with Crippen LogP contribution in [0, 0.1) is 0 Å². The first-order valence-electron chi connectivity index (χ1n) is 5.39. The van der Waals surface area contributed by atoms with E-state index in [9.17, 15) is 0 Å². The number of halogens is 2. The molecule has 0 aliphatic carbocycles. The normalized spacial score (nSPS) is 10.8. The lowest BCUT2D eigenvalue weighted by Crippen LogP contribution is -2.08. The number of fused-ring (bicyclic) bond motifs is 1. The zero-order valence-corrected chi connectivity index (χ0v) is 11.8. The maximum atomic E-state index is 8.77. The Morgan fingerprint density at radius 1 is 1.39 bits per heavy atom. The highest BCUT2D eigenvalue weighted by Crippen LogP contribution is 2.31. The van der Waals surface area contributed by atoms with Crippen LogP contribution in [0.3, 0.4) is 0 Å². The number of aliphatic hydroxyl groups is 1. The van der Waals surface area contributed by atoms with E-state index in [0.717, 1.165) is 9.86 Å². The molecular weight excluding hydrogens is 320 g/mol. The molecule has 1 heterocycles. The van der Waals surface area contributed by atoms with Gasteiger partial charge in [-0.3, -0.25) is 0 Å². The van der Waals surface area contributed by atoms with Gasteiger partial charge in [-0.15, -0.1) is 0 Å². The Morgan fingerprint density at radius 3 is 2.89 bits per heavy atom. The summed E-state index contributed by atoms with van der Waals surface area (Å²) in [4.78, 5) is 8.29. The van der Waals surface area contributed by atoms with E-state index in [0.29, 0.717) is 29.3 Å². The predicted octanol–water partition coefficient (Wildman–Crippen LogP) is 2.42. The van der Waals surface area contributed by atoms with Crippen molar-refractivity contribution in [1.82, 2.24) is 9.97 Å². The summed E-state index contributed by atoms with van der Waals surface area (Å²) in [5.41, 5.74) is 6.33. The van der Waals surface area contributed by atoms with Gasteiger partial charge < -0.3 is 16.2 Å². The molecule has 5 nitrogen and oxygen atoms in total. The molecule has 0 aliphatic heterocycles. The topological polar surface area (TPSA) is 84.1 Å². The van der Waals surface area contributed by atoms with Crippen LogP contribution in [0.2, 0.25) is 5.02 Å². The van der Waals surface area contributed by atoms with Crippen LogP contribution in [0.4, 0.5) is 11.8 Å². The lowest BCUT2D eigenvalue weighted by atomic mass is 10.2. The van der Waals surface area contributed by atoms with Crippen LogP contribution in [-0.2, 0) is 0 Å². The van der Waals surface area contributed by atoms with E-state index in [1.807, 2.05) is 6.07 Å². The van der Waals surface area contributed by atoms with Crippen LogP contribution in [0.25, 0.3) is 10.9 Å². The van der Waals surface area contributed by atoms with Gasteiger partial charge in [-0.05, 0) is 18.6 Å². The minimum absolute atomic E-state index is 0.116. The molecule has 0 unspecified atom stereocenters. The molecule has 96 valence electrons. The van der Waals surface area contributed by atoms with Gasteiger partial charge in [0, 0.05) is 17.6 Å². The van der Waals surface area contributed by atoms with E-state index in [1.54, 1.807) is 6.07 Å². The number of aromatic nitrogens is 2. The van der Waals surface area contributed by atoms with Crippen LogP contribution in [0.5, 0.6) is 0 Å². The molecular formula is C11H12BrClN4O. The Bertz CT molecular complexity index is 573. The first-order chi connectivity index (χ1) is 8.61. The van der Waals surface area contributed by atoms with Crippen molar-refractivity contribution in [3.63, 3.8) is 0 Å². The highest BCUT2D eigenvalue weighted by molar-refractivity contribution is 9.10. The van der Waals surface area contributed by atoms with Crippen molar-refractivity contribution in [3.05, 3.63) is 21.6 Å². The smallest absolute Gasteiger partial charge is 0.222 e. The van der Waals surface area contributed by atoms with Crippen LogP contribution in [-0.4, -0.2) is 28.2 Å². The van der Waals surface area contributed by atoms with Crippen molar-refractivity contribution < 1.29 is 5.11 Å². The molecule has 2 aromatic rings. The molecule has 4 N–H and O–H groups in total. The molecule has 1 aromatic carbocycles. The second-order valence-corrected chi connectivity index (χ2v) is 5.04. The minimum Gasteiger partial charge on any atom is -0.396 e. The van der Waals surface area contributed by atoms with Crippen LogP contribution in [0.1, 0.15) is 6.42 Å². The van der Waals surface area contributed by atoms with E-state index < -0.39 is 0 Å². The fourth-order valence-electron chi connectivity index (χ4n) is 1.62. The van der Waals surface area contributed by atoms with E-state index in [2.05, 4.69) is 31.2 Å². The third-order valence-electron chi connectivity index (χ3n) is 2.36. The lowest BCUT2D eigenvalue weighted by Gasteiger charge is -2.10. The highest BCUT2D eigenvalue weighted by Gasteiger charge is 2.10. The summed E-state index contributed by atoms with van der Waals surface area (Å²) in [6.07, 6.45) is 0.625. The Balaban J connectivity index is 2.50. The van der Waals surface area contributed by atoms with E-state index >= 15 is 0 Å². The summed E-state index contributed by atoms with van der Waals surface area (Å²) in [7, 11) is 0. The summed E-state index contributed by atoms with van der Waals surface area (Å²) in [6.45, 7) is 0.708. The number of hydrogen-bond acceptors (Lipinski definition) is 5. The molecule has 18 heavy (non-hydrogen) atoms. The molecule has 0 atom stereocenters. The number of rotatable bonds is 4. The number of aliphatic hydroxyl groups excluding tert-OH is 1. The number of nitrogens with zero attached hydrogens (tertiary/aromatic N) is 2. The Labute approximate surface area is 118 Å². The predicted molar refractivity (Wildman–Crippen MR) is 76.9 cm³/mol. The summed E-state index contributed by atoms with van der Waals surface area (Å²) in [5.74, 6) is 0.770. The SMILES string of the molecule is Nc1nc(NCCCO)c2c(Cl)cc(Br)cc2n1. The average molecular weight is 332 g/mol. The molecule has 0 spiro atoms. The standard InChI is InChI=1S/C11H12BrClN4O/c12-6-4-7(13)9-8(5-6)16-11(14)17-10(9)15-2-1-3-18/h4-5,18H,1-3H2,(H3,14,15,16,17). The van der Waals surface area contributed by atoms with E-state index in [1.165, 1.54) is 0 Å². The summed E-state index contributed by atoms with van der Waals surface area (Å²) >= 11 is 9.55. The lowest BCUT2D eigenvalue weighted by molar-refractivity contribution is 0.292. The molecule has 0 amide bonds. The van der Waals surface area contributed by atoms with Crippen molar-refractivity contribution in [2.75, 3.05) is 24.2 Å². The Hall–Kier alpha value is -1.11. The van der Waals surface area contributed by atoms with Crippen molar-refractivity contribution in [3.8, 4) is 0 Å². The molecule has 0 bridgehead atoms. The number of anilines is 2. The molecule has 1 aromatic heterocycles. The zero-order chi connectivity index (χ0) is 13.1. The number of nitrogen functional groups attached to an aromatic ring is 1. The molecule has 0 radical (unpaired) electrons. The molecule has 7 heteroatoms. The minimum atomic E-state index is 0.116. The van der Waals surface area contributed by atoms with Gasteiger partial charge in [-0.2, -0.15) is 4.98 Å². The van der Waals surface area contributed by atoms with Gasteiger partial charge >= 0.3 is 0 Å². The molecule has 0 fully saturated rings. The van der Waals surface area contributed by atoms with Crippen LogP contribution in [0.15, 0.2) is 16.6 Å². The van der Waals surface area contributed by atoms with Crippen molar-refractivity contribution in [1.29, 1.82) is 0 Å². The van der Waals surface area contributed by atoms with E-state index in [4.69, 9.17) is 22.4 Å². The van der Waals surface area contributed by atoms with Gasteiger partial charge in [0.05, 0.1) is 15.9 Å². The molecule has 2 rings (SSSR count). The summed E-state index contributed by atoms with van der Waals surface area (Å²) < 4.78 is 0.833. The number of hydrogen-bond donors (Lipinski definition) is 3. The number of nitrogens with one attached hydrogen (secondary N) is 1. The fraction of sp³-hybridized carbons (Fsp3) is 0.273. The van der Waals surface area contributed by atoms with Crippen molar-refractivity contribution in [2.24, 2.45) is 0 Å². The monoisotopic (exact) mass is 330 g/mol. The fourth-order valence-corrected chi connectivity index (χ4v) is 2.50. The quantitative estimate of drug-likeness (QED) is 0.749. The van der Waals surface area contributed by atoms with Crippen LogP contribution >= 0.6 is 27.5 Å². The maximum absolute atomic E-state index is 8.77. The largest absolute Gasteiger partial charge is 0.396 e. The van der Waals surface area contributed by atoms with E-state index in [-0.39, 0.29) is 12.6 Å². The second kappa shape index (κ2) is 5.69. The third kappa shape index (κ3) is 2.82. The molecule has 0 saturated carbocycles. The van der Waals surface area contributed by atoms with Crippen LogP contribution < -0.4 is 11.1 Å². The van der Waals surface area contributed by atoms with Gasteiger partial charge in [-0.1, -0.05) is 27.5 Å². The van der Waals surface area contributed by atoms with Gasteiger partial charge in [0.15, 0.2) is 0 Å². The van der Waals surface area contributed by atoms with Gasteiger partial charge in [0.25, 0.3) is 0 Å². The first-order valence-corrected chi connectivity index (χ1v) is 6.56. The Kier molecular flexibility index (Phi) is 4.21. The Morgan fingerprint density at radius 2 is 2.17 bits per heavy atom. The molecule has 0 saturated heterocycles. The highest BCUT2D eigenvalue weighted by atomic mass is 79.9. The second-order valence-electron chi connectivity index (χ2n) is 3.72. The summed E-state index contributed by atoms with van der Waals surface area (Å²) in [6, 6.07) is 3.61. The number of nitrogens with two attached hydrogens (primary N) is 1. The summed E-state index contributed by atoms with van der Waals surface area (Å²) in [5, 5.41) is 13.1. The number of benzene rings is 1. The zero-order valence-electron chi connectivity index (χ0n) is 9.45. The third-order valence-corrected chi connectivity index (χ3v) is 3.12. The van der Waals surface area contributed by atoms with Gasteiger partial charge in [0.2, 0.25) is 5.95 Å². The van der Waals surface area contributed by atoms with Gasteiger partial charge in [-0.25, -0.2) is 4.98 Å². The molecule has 0 aliphatic rings. The first kappa shape index (κ1) is 13.3. The average Bonchev–Trinajstić information content (AvgIpc) is 2.27. The maximum Gasteiger partial charge on any atom is 0.222 e.